The number of rotatable bonds is 10. The summed E-state index contributed by atoms with van der Waals surface area (Å²) in [6.07, 6.45) is 2.46. The van der Waals surface area contributed by atoms with Crippen molar-refractivity contribution in [3.8, 4) is 5.75 Å². The fourth-order valence-electron chi connectivity index (χ4n) is 2.99. The number of carbonyl (C=O) groups is 1. The van der Waals surface area contributed by atoms with Gasteiger partial charge in [0.15, 0.2) is 0 Å². The summed E-state index contributed by atoms with van der Waals surface area (Å²) in [5.74, 6) is -0.106. The van der Waals surface area contributed by atoms with Crippen LogP contribution in [0.1, 0.15) is 6.92 Å². The van der Waals surface area contributed by atoms with E-state index in [1.54, 1.807) is 43.3 Å². The fraction of sp³-hybridized carbons (Fsp3) is 0.182. The highest BCUT2D eigenvalue weighted by atomic mass is 32.2. The van der Waals surface area contributed by atoms with Gasteiger partial charge < -0.3 is 10.1 Å². The van der Waals surface area contributed by atoms with Crippen LogP contribution in [0.15, 0.2) is 77.8 Å². The maximum atomic E-state index is 12.6. The predicted molar refractivity (Wildman–Crippen MR) is 130 cm³/mol. The molecule has 0 aliphatic rings. The molecule has 34 heavy (non-hydrogen) atoms. The van der Waals surface area contributed by atoms with Gasteiger partial charge in [0.05, 0.1) is 23.4 Å². The SMILES string of the molecule is CCOc1ccccc1N(CC(=O)Nc1ccc(S(=O)(=O)Nc2ccccn2)cc1)S(C)(=O)=O. The van der Waals surface area contributed by atoms with E-state index in [0.29, 0.717) is 18.0 Å². The van der Waals surface area contributed by atoms with Crippen LogP contribution >= 0.6 is 0 Å². The number of para-hydroxylation sites is 2. The summed E-state index contributed by atoms with van der Waals surface area (Å²) in [5, 5.41) is 2.58. The van der Waals surface area contributed by atoms with Crippen molar-refractivity contribution in [3.63, 3.8) is 0 Å². The van der Waals surface area contributed by atoms with Gasteiger partial charge in [-0.25, -0.2) is 21.8 Å². The minimum Gasteiger partial charge on any atom is -0.492 e. The number of aromatic nitrogens is 1. The number of anilines is 3. The Morgan fingerprint density at radius 2 is 1.65 bits per heavy atom. The molecule has 2 N–H and O–H groups in total. The van der Waals surface area contributed by atoms with Crippen LogP contribution in [0.2, 0.25) is 0 Å². The molecule has 0 saturated heterocycles. The molecule has 3 aromatic rings. The van der Waals surface area contributed by atoms with Crippen molar-refractivity contribution in [1.82, 2.24) is 4.98 Å². The van der Waals surface area contributed by atoms with E-state index >= 15 is 0 Å². The first-order valence-corrected chi connectivity index (χ1v) is 13.5. The van der Waals surface area contributed by atoms with Crippen LogP contribution < -0.4 is 19.1 Å². The molecular formula is C22H24N4O6S2. The number of nitrogens with one attached hydrogen (secondary N) is 2. The van der Waals surface area contributed by atoms with Crippen LogP contribution in [0.3, 0.4) is 0 Å². The molecule has 0 saturated carbocycles. The van der Waals surface area contributed by atoms with E-state index in [0.717, 1.165) is 10.6 Å². The Morgan fingerprint density at radius 3 is 2.26 bits per heavy atom. The van der Waals surface area contributed by atoms with Crippen molar-refractivity contribution in [2.75, 3.05) is 33.8 Å². The minimum atomic E-state index is -3.87. The second kappa shape index (κ2) is 10.5. The summed E-state index contributed by atoms with van der Waals surface area (Å²) < 4.78 is 58.6. The van der Waals surface area contributed by atoms with Crippen LogP contribution in [0.25, 0.3) is 0 Å². The maximum Gasteiger partial charge on any atom is 0.263 e. The highest BCUT2D eigenvalue weighted by Crippen LogP contribution is 2.29. The number of sulfonamides is 2. The van der Waals surface area contributed by atoms with E-state index in [2.05, 4.69) is 15.0 Å². The largest absolute Gasteiger partial charge is 0.492 e. The van der Waals surface area contributed by atoms with Gasteiger partial charge in [-0.3, -0.25) is 13.8 Å². The highest BCUT2D eigenvalue weighted by Gasteiger charge is 2.24. The Hall–Kier alpha value is -3.64. The third-order valence-corrected chi connectivity index (χ3v) is 6.97. The van der Waals surface area contributed by atoms with Gasteiger partial charge in [0.25, 0.3) is 10.0 Å². The Bertz CT molecular complexity index is 1350. The summed E-state index contributed by atoms with van der Waals surface area (Å²) in [7, 11) is -7.67. The van der Waals surface area contributed by atoms with E-state index in [1.165, 1.54) is 36.5 Å². The Morgan fingerprint density at radius 1 is 0.971 bits per heavy atom. The van der Waals surface area contributed by atoms with Gasteiger partial charge in [-0.2, -0.15) is 0 Å². The molecule has 0 radical (unpaired) electrons. The van der Waals surface area contributed by atoms with Gasteiger partial charge in [0.2, 0.25) is 15.9 Å². The number of carbonyl (C=O) groups excluding carboxylic acids is 1. The van der Waals surface area contributed by atoms with Crippen molar-refractivity contribution in [2.45, 2.75) is 11.8 Å². The Balaban J connectivity index is 1.73. The van der Waals surface area contributed by atoms with E-state index in [-0.39, 0.29) is 16.4 Å². The molecule has 10 nitrogen and oxygen atoms in total. The van der Waals surface area contributed by atoms with Gasteiger partial charge >= 0.3 is 0 Å². The Kier molecular flexibility index (Phi) is 7.74. The first kappa shape index (κ1) is 25.0. The molecule has 0 bridgehead atoms. The van der Waals surface area contributed by atoms with Crippen molar-refractivity contribution in [3.05, 3.63) is 72.9 Å². The average Bonchev–Trinajstić information content (AvgIpc) is 2.78. The molecule has 0 atom stereocenters. The van der Waals surface area contributed by atoms with Crippen molar-refractivity contribution < 1.29 is 26.4 Å². The van der Waals surface area contributed by atoms with Gasteiger partial charge in [-0.05, 0) is 55.5 Å². The number of hydrogen-bond acceptors (Lipinski definition) is 7. The van der Waals surface area contributed by atoms with Crippen LogP contribution in [0.4, 0.5) is 17.2 Å². The van der Waals surface area contributed by atoms with Gasteiger partial charge in [0, 0.05) is 11.9 Å². The summed E-state index contributed by atoms with van der Waals surface area (Å²) >= 11 is 0. The zero-order valence-corrected chi connectivity index (χ0v) is 20.1. The van der Waals surface area contributed by atoms with Crippen LogP contribution in [-0.4, -0.2) is 47.1 Å². The average molecular weight is 505 g/mol. The normalized spacial score (nSPS) is 11.5. The Labute approximate surface area is 198 Å². The summed E-state index contributed by atoms with van der Waals surface area (Å²) in [6, 6.07) is 16.8. The lowest BCUT2D eigenvalue weighted by atomic mass is 10.3. The highest BCUT2D eigenvalue weighted by molar-refractivity contribution is 7.92. The van der Waals surface area contributed by atoms with Gasteiger partial charge in [0.1, 0.15) is 18.1 Å². The van der Waals surface area contributed by atoms with Crippen LogP contribution in [0.5, 0.6) is 5.75 Å². The van der Waals surface area contributed by atoms with Crippen molar-refractivity contribution in [2.24, 2.45) is 0 Å². The number of benzene rings is 2. The minimum absolute atomic E-state index is 0.0282. The van der Waals surface area contributed by atoms with Crippen molar-refractivity contribution >= 4 is 43.1 Å². The molecule has 2 aromatic carbocycles. The number of nitrogens with zero attached hydrogens (tertiary/aromatic N) is 2. The molecule has 3 rings (SSSR count). The van der Waals surface area contributed by atoms with E-state index in [1.807, 2.05) is 0 Å². The molecule has 0 aliphatic heterocycles. The summed E-state index contributed by atoms with van der Waals surface area (Å²) in [4.78, 5) is 16.5. The first-order chi connectivity index (χ1) is 16.1. The predicted octanol–water partition coefficient (Wildman–Crippen LogP) is 2.69. The third kappa shape index (κ3) is 6.45. The zero-order chi connectivity index (χ0) is 24.8. The lowest BCUT2D eigenvalue weighted by molar-refractivity contribution is -0.114. The van der Waals surface area contributed by atoms with E-state index < -0.39 is 32.5 Å². The molecule has 1 aromatic heterocycles. The lowest BCUT2D eigenvalue weighted by Gasteiger charge is -2.24. The molecule has 1 heterocycles. The molecule has 0 aliphatic carbocycles. The number of ether oxygens (including phenoxy) is 1. The first-order valence-electron chi connectivity index (χ1n) is 10.1. The van der Waals surface area contributed by atoms with E-state index in [9.17, 15) is 21.6 Å². The van der Waals surface area contributed by atoms with Crippen LogP contribution in [0, 0.1) is 0 Å². The summed E-state index contributed by atoms with van der Waals surface area (Å²) in [5.41, 5.74) is 0.539. The lowest BCUT2D eigenvalue weighted by Crippen LogP contribution is -2.37. The monoisotopic (exact) mass is 504 g/mol. The second-order valence-electron chi connectivity index (χ2n) is 7.06. The number of pyridine rings is 1. The number of hydrogen-bond donors (Lipinski definition) is 2. The number of amides is 1. The molecular weight excluding hydrogens is 480 g/mol. The van der Waals surface area contributed by atoms with E-state index in [4.69, 9.17) is 4.74 Å². The fourth-order valence-corrected chi connectivity index (χ4v) is 4.86. The standard InChI is InChI=1S/C22H24N4O6S2/c1-3-32-20-9-5-4-8-19(20)26(33(2,28)29)16-22(27)24-17-11-13-18(14-12-17)34(30,31)25-21-10-6-7-15-23-21/h4-15H,3,16H2,1-2H3,(H,23,25)(H,24,27). The third-order valence-electron chi connectivity index (χ3n) is 4.47. The zero-order valence-electron chi connectivity index (χ0n) is 18.5. The van der Waals surface area contributed by atoms with Crippen LogP contribution in [-0.2, 0) is 24.8 Å². The van der Waals surface area contributed by atoms with Gasteiger partial charge in [-0.15, -0.1) is 0 Å². The molecule has 180 valence electrons. The molecule has 1 amide bonds. The van der Waals surface area contributed by atoms with Crippen molar-refractivity contribution in [1.29, 1.82) is 0 Å². The quantitative estimate of drug-likeness (QED) is 0.433. The molecule has 0 unspecified atom stereocenters. The topological polar surface area (TPSA) is 135 Å². The van der Waals surface area contributed by atoms with Gasteiger partial charge in [-0.1, -0.05) is 18.2 Å². The molecule has 12 heteroatoms. The molecule has 0 spiro atoms. The maximum absolute atomic E-state index is 12.6. The molecule has 0 fully saturated rings. The second-order valence-corrected chi connectivity index (χ2v) is 10.7. The summed E-state index contributed by atoms with van der Waals surface area (Å²) in [6.45, 7) is 1.60. The smallest absolute Gasteiger partial charge is 0.263 e.